The number of ether oxygens (including phenoxy) is 1. The smallest absolute Gasteiger partial charge is 0.316 e. The molecule has 0 aromatic rings. The van der Waals surface area contributed by atoms with Gasteiger partial charge in [-0.3, -0.25) is 4.79 Å². The number of esters is 1. The maximum Gasteiger partial charge on any atom is 0.316 e. The van der Waals surface area contributed by atoms with Crippen molar-refractivity contribution in [1.82, 2.24) is 0 Å². The minimum atomic E-state index is -0.554. The first kappa shape index (κ1) is 14.2. The van der Waals surface area contributed by atoms with Crippen molar-refractivity contribution in [2.24, 2.45) is 10.8 Å². The normalized spacial score (nSPS) is 15.4. The van der Waals surface area contributed by atoms with Gasteiger partial charge in [0.05, 0.1) is 12.0 Å². The lowest BCUT2D eigenvalue weighted by Crippen LogP contribution is -2.40. The van der Waals surface area contributed by atoms with Gasteiger partial charge in [0.25, 0.3) is 0 Å². The molecule has 0 rings (SSSR count). The summed E-state index contributed by atoms with van der Waals surface area (Å²) >= 11 is 0. The number of hydrogen-bond acceptors (Lipinski definition) is 2. The van der Waals surface area contributed by atoms with E-state index in [0.717, 1.165) is 5.57 Å². The van der Waals surface area contributed by atoms with Gasteiger partial charge in [-0.1, -0.05) is 32.4 Å². The summed E-state index contributed by atoms with van der Waals surface area (Å²) in [7, 11) is 0. The summed E-state index contributed by atoms with van der Waals surface area (Å²) in [4.78, 5) is 12.0. The van der Waals surface area contributed by atoms with E-state index in [-0.39, 0.29) is 11.4 Å². The zero-order valence-corrected chi connectivity index (χ0v) is 11.1. The van der Waals surface area contributed by atoms with Gasteiger partial charge < -0.3 is 4.74 Å². The Kier molecular flexibility index (Phi) is 4.57. The van der Waals surface area contributed by atoms with Gasteiger partial charge in [-0.25, -0.2) is 0 Å². The highest BCUT2D eigenvalue weighted by Crippen LogP contribution is 2.41. The highest BCUT2D eigenvalue weighted by molar-refractivity contribution is 5.79. The zero-order chi connectivity index (χ0) is 12.3. The quantitative estimate of drug-likeness (QED) is 0.528. The molecular weight excluding hydrogens is 188 g/mol. The van der Waals surface area contributed by atoms with Crippen molar-refractivity contribution >= 4 is 5.97 Å². The summed E-state index contributed by atoms with van der Waals surface area (Å²) in [6.07, 6.45) is 2.00. The topological polar surface area (TPSA) is 26.3 Å². The van der Waals surface area contributed by atoms with Gasteiger partial charge in [0, 0.05) is 0 Å². The van der Waals surface area contributed by atoms with Crippen LogP contribution in [-0.4, -0.2) is 12.6 Å². The fourth-order valence-electron chi connectivity index (χ4n) is 1.44. The van der Waals surface area contributed by atoms with Crippen molar-refractivity contribution in [3.8, 4) is 0 Å². The molecule has 0 saturated heterocycles. The van der Waals surface area contributed by atoms with Crippen molar-refractivity contribution in [2.75, 3.05) is 6.61 Å². The Morgan fingerprint density at radius 2 is 1.67 bits per heavy atom. The molecule has 0 aliphatic carbocycles. The molecule has 15 heavy (non-hydrogen) atoms. The van der Waals surface area contributed by atoms with Crippen molar-refractivity contribution in [2.45, 2.75) is 48.5 Å². The van der Waals surface area contributed by atoms with Crippen LogP contribution in [0.15, 0.2) is 11.6 Å². The monoisotopic (exact) mass is 212 g/mol. The molecule has 0 aromatic heterocycles. The van der Waals surface area contributed by atoms with E-state index in [4.69, 9.17) is 4.74 Å². The van der Waals surface area contributed by atoms with Crippen LogP contribution in [0.5, 0.6) is 0 Å². The van der Waals surface area contributed by atoms with E-state index < -0.39 is 5.41 Å². The van der Waals surface area contributed by atoms with Crippen LogP contribution in [0.4, 0.5) is 0 Å². The fourth-order valence-corrected chi connectivity index (χ4v) is 1.44. The molecule has 88 valence electrons. The highest BCUT2D eigenvalue weighted by atomic mass is 16.5. The number of carbonyl (C=O) groups excluding carboxylic acids is 1. The van der Waals surface area contributed by atoms with Gasteiger partial charge in [0.2, 0.25) is 0 Å². The average Bonchev–Trinajstić information content (AvgIpc) is 2.01. The predicted octanol–water partition coefficient (Wildman–Crippen LogP) is 3.57. The third-order valence-corrected chi connectivity index (χ3v) is 2.83. The van der Waals surface area contributed by atoms with Crippen LogP contribution in [0.1, 0.15) is 48.5 Å². The van der Waals surface area contributed by atoms with E-state index >= 15 is 0 Å². The average molecular weight is 212 g/mol. The maximum atomic E-state index is 12.0. The van der Waals surface area contributed by atoms with Crippen LogP contribution >= 0.6 is 0 Å². The molecule has 2 heteroatoms. The molecule has 0 aliphatic rings. The molecule has 0 bridgehead atoms. The standard InChI is InChI=1S/C13H24O2/c1-8-15-11(14)13(7,9-10(2)3)12(4,5)6/h9H,8H2,1-7H3. The van der Waals surface area contributed by atoms with Gasteiger partial charge >= 0.3 is 5.97 Å². The van der Waals surface area contributed by atoms with Gasteiger partial charge in [-0.05, 0) is 33.1 Å². The van der Waals surface area contributed by atoms with Crippen LogP contribution < -0.4 is 0 Å². The molecule has 0 amide bonds. The summed E-state index contributed by atoms with van der Waals surface area (Å²) < 4.78 is 5.15. The van der Waals surface area contributed by atoms with E-state index in [1.165, 1.54) is 0 Å². The van der Waals surface area contributed by atoms with E-state index in [1.54, 1.807) is 0 Å². The summed E-state index contributed by atoms with van der Waals surface area (Å²) in [5.74, 6) is -0.140. The predicted molar refractivity (Wildman–Crippen MR) is 63.6 cm³/mol. The second kappa shape index (κ2) is 4.82. The molecule has 0 N–H and O–H groups in total. The number of hydrogen-bond donors (Lipinski definition) is 0. The van der Waals surface area contributed by atoms with E-state index in [0.29, 0.717) is 6.61 Å². The molecule has 0 spiro atoms. The van der Waals surface area contributed by atoms with Crippen LogP contribution in [-0.2, 0) is 9.53 Å². The van der Waals surface area contributed by atoms with Crippen LogP contribution in [0, 0.1) is 10.8 Å². The van der Waals surface area contributed by atoms with Crippen molar-refractivity contribution in [3.63, 3.8) is 0 Å². The number of rotatable bonds is 3. The van der Waals surface area contributed by atoms with Crippen molar-refractivity contribution in [3.05, 3.63) is 11.6 Å². The lowest BCUT2D eigenvalue weighted by atomic mass is 9.67. The van der Waals surface area contributed by atoms with Crippen molar-refractivity contribution in [1.29, 1.82) is 0 Å². The SMILES string of the molecule is CCOC(=O)C(C)(C=C(C)C)C(C)(C)C. The largest absolute Gasteiger partial charge is 0.465 e. The summed E-state index contributed by atoms with van der Waals surface area (Å²) in [6.45, 7) is 14.4. The molecule has 0 aromatic carbocycles. The Labute approximate surface area is 93.7 Å². The van der Waals surface area contributed by atoms with E-state index in [9.17, 15) is 4.79 Å². The lowest BCUT2D eigenvalue weighted by Gasteiger charge is -2.37. The Bertz CT molecular complexity index is 254. The van der Waals surface area contributed by atoms with Gasteiger partial charge in [-0.15, -0.1) is 0 Å². The number of allylic oxidation sites excluding steroid dienone is 1. The Morgan fingerprint density at radius 3 is 1.93 bits per heavy atom. The molecule has 1 atom stereocenters. The maximum absolute atomic E-state index is 12.0. The summed E-state index contributed by atoms with van der Waals surface area (Å²) in [5.41, 5.74) is 0.443. The molecular formula is C13H24O2. The highest BCUT2D eigenvalue weighted by Gasteiger charge is 2.43. The Morgan fingerprint density at radius 1 is 1.20 bits per heavy atom. The second-order valence-electron chi connectivity index (χ2n) is 5.39. The fraction of sp³-hybridized carbons (Fsp3) is 0.769. The lowest BCUT2D eigenvalue weighted by molar-refractivity contribution is -0.157. The zero-order valence-electron chi connectivity index (χ0n) is 11.1. The first-order chi connectivity index (χ1) is 6.65. The first-order valence-electron chi connectivity index (χ1n) is 5.48. The van der Waals surface area contributed by atoms with E-state index in [1.807, 2.05) is 33.8 Å². The summed E-state index contributed by atoms with van der Waals surface area (Å²) in [5, 5.41) is 0. The first-order valence-corrected chi connectivity index (χ1v) is 5.48. The third kappa shape index (κ3) is 3.37. The molecule has 0 heterocycles. The molecule has 0 saturated carbocycles. The Hall–Kier alpha value is -0.790. The van der Waals surface area contributed by atoms with Crippen LogP contribution in [0.25, 0.3) is 0 Å². The minimum absolute atomic E-state index is 0.140. The van der Waals surface area contributed by atoms with Gasteiger partial charge in [0.15, 0.2) is 0 Å². The van der Waals surface area contributed by atoms with Crippen molar-refractivity contribution < 1.29 is 9.53 Å². The summed E-state index contributed by atoms with van der Waals surface area (Å²) in [6, 6.07) is 0. The molecule has 0 fully saturated rings. The molecule has 2 nitrogen and oxygen atoms in total. The minimum Gasteiger partial charge on any atom is -0.465 e. The van der Waals surface area contributed by atoms with Gasteiger partial charge in [-0.2, -0.15) is 0 Å². The van der Waals surface area contributed by atoms with Crippen LogP contribution in [0.2, 0.25) is 0 Å². The molecule has 1 unspecified atom stereocenters. The van der Waals surface area contributed by atoms with Crippen LogP contribution in [0.3, 0.4) is 0 Å². The third-order valence-electron chi connectivity index (χ3n) is 2.83. The van der Waals surface area contributed by atoms with Gasteiger partial charge in [0.1, 0.15) is 0 Å². The Balaban J connectivity index is 5.22. The number of carbonyl (C=O) groups is 1. The van der Waals surface area contributed by atoms with E-state index in [2.05, 4.69) is 20.8 Å². The molecule has 0 aliphatic heterocycles. The second-order valence-corrected chi connectivity index (χ2v) is 5.39. The molecule has 0 radical (unpaired) electrons.